The van der Waals surface area contributed by atoms with Crippen molar-refractivity contribution in [3.8, 4) is 17.6 Å². The fraction of sp³-hybridized carbons (Fsp3) is 0.400. The summed E-state index contributed by atoms with van der Waals surface area (Å²) in [7, 11) is 2.05. The van der Waals surface area contributed by atoms with Crippen molar-refractivity contribution in [1.29, 1.82) is 5.26 Å². The number of aromatic nitrogens is 1. The maximum Gasteiger partial charge on any atom is 0.163 e. The Labute approximate surface area is 112 Å². The molecule has 0 saturated carbocycles. The summed E-state index contributed by atoms with van der Waals surface area (Å²) in [5.41, 5.74) is 3.57. The van der Waals surface area contributed by atoms with Crippen LogP contribution in [0.5, 0.6) is 11.5 Å². The van der Waals surface area contributed by atoms with Crippen LogP contribution in [-0.2, 0) is 13.5 Å². The third kappa shape index (κ3) is 1.82. The lowest BCUT2D eigenvalue weighted by atomic mass is 10.1. The minimum Gasteiger partial charge on any atom is -0.486 e. The minimum absolute atomic E-state index is 0.536. The van der Waals surface area contributed by atoms with Gasteiger partial charge in [0, 0.05) is 30.6 Å². The monoisotopic (exact) mass is 256 g/mol. The van der Waals surface area contributed by atoms with E-state index in [1.165, 1.54) is 16.6 Å². The first kappa shape index (κ1) is 11.9. The molecule has 0 bridgehead atoms. The molecule has 0 saturated heterocycles. The molecule has 0 radical (unpaired) electrons. The van der Waals surface area contributed by atoms with Crippen LogP contribution in [-0.4, -0.2) is 17.8 Å². The summed E-state index contributed by atoms with van der Waals surface area (Å²) in [4.78, 5) is 0. The quantitative estimate of drug-likeness (QED) is 0.830. The molecule has 0 N–H and O–H groups in total. The topological polar surface area (TPSA) is 47.2 Å². The zero-order chi connectivity index (χ0) is 13.4. The Hall–Kier alpha value is -2.15. The van der Waals surface area contributed by atoms with Gasteiger partial charge in [0.25, 0.3) is 0 Å². The van der Waals surface area contributed by atoms with Crippen molar-refractivity contribution < 1.29 is 9.47 Å². The Balaban J connectivity index is 2.20. The number of ether oxygens (including phenoxy) is 2. The van der Waals surface area contributed by atoms with Crippen molar-refractivity contribution in [1.82, 2.24) is 4.57 Å². The van der Waals surface area contributed by atoms with Crippen molar-refractivity contribution in [3.05, 3.63) is 23.4 Å². The summed E-state index contributed by atoms with van der Waals surface area (Å²) in [5, 5.41) is 9.95. The molecule has 0 fully saturated rings. The Morgan fingerprint density at radius 1 is 1.26 bits per heavy atom. The van der Waals surface area contributed by atoms with Gasteiger partial charge in [0.2, 0.25) is 0 Å². The van der Waals surface area contributed by atoms with Crippen molar-refractivity contribution in [2.75, 3.05) is 13.2 Å². The minimum atomic E-state index is 0.536. The number of nitriles is 1. The lowest BCUT2D eigenvalue weighted by Gasteiger charge is -2.18. The van der Waals surface area contributed by atoms with Gasteiger partial charge in [-0.15, -0.1) is 0 Å². The zero-order valence-corrected chi connectivity index (χ0v) is 11.2. The van der Waals surface area contributed by atoms with E-state index in [0.717, 1.165) is 23.4 Å². The molecule has 98 valence electrons. The van der Waals surface area contributed by atoms with Crippen molar-refractivity contribution in [2.24, 2.45) is 7.05 Å². The molecule has 2 aromatic rings. The van der Waals surface area contributed by atoms with Gasteiger partial charge in [-0.1, -0.05) is 0 Å². The van der Waals surface area contributed by atoms with Crippen LogP contribution < -0.4 is 9.47 Å². The molecular weight excluding hydrogens is 240 g/mol. The SMILES string of the molecule is Cc1c(CCC#N)c2cc3c(cc2n1C)OCCO3. The number of fused-ring (bicyclic) bond motifs is 2. The molecule has 0 spiro atoms. The van der Waals surface area contributed by atoms with Crippen LogP contribution in [0.25, 0.3) is 10.9 Å². The predicted molar refractivity (Wildman–Crippen MR) is 72.6 cm³/mol. The van der Waals surface area contributed by atoms with Crippen LogP contribution in [0.2, 0.25) is 0 Å². The van der Waals surface area contributed by atoms with Crippen molar-refractivity contribution in [3.63, 3.8) is 0 Å². The summed E-state index contributed by atoms with van der Waals surface area (Å²) < 4.78 is 13.4. The van der Waals surface area contributed by atoms with E-state index >= 15 is 0 Å². The Morgan fingerprint density at radius 3 is 2.63 bits per heavy atom. The molecule has 0 atom stereocenters. The molecule has 1 aromatic carbocycles. The first-order valence-electron chi connectivity index (χ1n) is 6.47. The van der Waals surface area contributed by atoms with Gasteiger partial charge < -0.3 is 14.0 Å². The zero-order valence-electron chi connectivity index (χ0n) is 11.2. The van der Waals surface area contributed by atoms with Crippen LogP contribution in [0.1, 0.15) is 17.7 Å². The average molecular weight is 256 g/mol. The molecule has 1 aliphatic heterocycles. The van der Waals surface area contributed by atoms with E-state index in [0.29, 0.717) is 19.6 Å². The van der Waals surface area contributed by atoms with E-state index in [9.17, 15) is 0 Å². The number of rotatable bonds is 2. The highest BCUT2D eigenvalue weighted by atomic mass is 16.6. The van der Waals surface area contributed by atoms with Gasteiger partial charge in [0.1, 0.15) is 13.2 Å². The van der Waals surface area contributed by atoms with Crippen LogP contribution >= 0.6 is 0 Å². The Kier molecular flexibility index (Phi) is 2.83. The molecule has 0 unspecified atom stereocenters. The van der Waals surface area contributed by atoms with Crippen LogP contribution in [0.15, 0.2) is 12.1 Å². The Bertz CT molecular complexity index is 680. The van der Waals surface area contributed by atoms with Crippen LogP contribution in [0, 0.1) is 18.3 Å². The summed E-state index contributed by atoms with van der Waals surface area (Å²) in [6.07, 6.45) is 1.31. The van der Waals surface area contributed by atoms with Crippen LogP contribution in [0.3, 0.4) is 0 Å². The largest absolute Gasteiger partial charge is 0.486 e. The molecule has 0 amide bonds. The smallest absolute Gasteiger partial charge is 0.163 e. The third-order valence-electron chi connectivity index (χ3n) is 3.77. The first-order valence-corrected chi connectivity index (χ1v) is 6.47. The second-order valence-electron chi connectivity index (χ2n) is 4.79. The standard InChI is InChI=1S/C15H16N2O2/c1-10-11(4-3-5-16)12-8-14-15(19-7-6-18-14)9-13(12)17(10)2/h8-9H,3-4,6-7H2,1-2H3. The summed E-state index contributed by atoms with van der Waals surface area (Å²) in [6.45, 7) is 3.29. The number of hydrogen-bond acceptors (Lipinski definition) is 3. The third-order valence-corrected chi connectivity index (χ3v) is 3.77. The maximum absolute atomic E-state index is 8.79. The number of aryl methyl sites for hydroxylation is 2. The van der Waals surface area contributed by atoms with Gasteiger partial charge in [-0.3, -0.25) is 0 Å². The first-order chi connectivity index (χ1) is 9.22. The summed E-state index contributed by atoms with van der Waals surface area (Å²) in [5.74, 6) is 1.62. The molecule has 2 heterocycles. The molecule has 4 heteroatoms. The summed E-state index contributed by atoms with van der Waals surface area (Å²) in [6, 6.07) is 6.29. The van der Waals surface area contributed by atoms with E-state index in [1.54, 1.807) is 0 Å². The molecule has 0 aliphatic carbocycles. The fourth-order valence-electron chi connectivity index (χ4n) is 2.67. The molecule has 4 nitrogen and oxygen atoms in total. The lowest BCUT2D eigenvalue weighted by molar-refractivity contribution is 0.172. The lowest BCUT2D eigenvalue weighted by Crippen LogP contribution is -2.15. The maximum atomic E-state index is 8.79. The molecular formula is C15H16N2O2. The number of hydrogen-bond donors (Lipinski definition) is 0. The molecule has 19 heavy (non-hydrogen) atoms. The fourth-order valence-corrected chi connectivity index (χ4v) is 2.67. The highest BCUT2D eigenvalue weighted by molar-refractivity contribution is 5.88. The van der Waals surface area contributed by atoms with Gasteiger partial charge in [-0.25, -0.2) is 0 Å². The van der Waals surface area contributed by atoms with Gasteiger partial charge in [-0.05, 0) is 25.0 Å². The van der Waals surface area contributed by atoms with E-state index in [1.807, 2.05) is 19.2 Å². The molecule has 1 aromatic heterocycles. The summed E-state index contributed by atoms with van der Waals surface area (Å²) >= 11 is 0. The Morgan fingerprint density at radius 2 is 1.95 bits per heavy atom. The molecule has 3 rings (SSSR count). The van der Waals surface area contributed by atoms with Gasteiger partial charge in [0.05, 0.1) is 11.6 Å². The van der Waals surface area contributed by atoms with E-state index in [-0.39, 0.29) is 0 Å². The second-order valence-corrected chi connectivity index (χ2v) is 4.79. The highest BCUT2D eigenvalue weighted by Gasteiger charge is 2.18. The van der Waals surface area contributed by atoms with Gasteiger partial charge in [-0.2, -0.15) is 5.26 Å². The molecule has 1 aliphatic rings. The van der Waals surface area contributed by atoms with Gasteiger partial charge in [0.15, 0.2) is 11.5 Å². The van der Waals surface area contributed by atoms with E-state index in [4.69, 9.17) is 14.7 Å². The normalized spacial score (nSPS) is 13.5. The van der Waals surface area contributed by atoms with Crippen molar-refractivity contribution in [2.45, 2.75) is 19.8 Å². The van der Waals surface area contributed by atoms with Gasteiger partial charge >= 0.3 is 0 Å². The van der Waals surface area contributed by atoms with E-state index in [2.05, 4.69) is 17.6 Å². The second kappa shape index (κ2) is 4.51. The number of nitrogens with zero attached hydrogens (tertiary/aromatic N) is 2. The van der Waals surface area contributed by atoms with E-state index < -0.39 is 0 Å². The average Bonchev–Trinajstić information content (AvgIpc) is 2.67. The highest BCUT2D eigenvalue weighted by Crippen LogP contribution is 2.37. The van der Waals surface area contributed by atoms with Crippen LogP contribution in [0.4, 0.5) is 0 Å². The number of benzene rings is 1. The predicted octanol–water partition coefficient (Wildman–Crippen LogP) is 2.71. The van der Waals surface area contributed by atoms with Crippen molar-refractivity contribution >= 4 is 10.9 Å².